The average Bonchev–Trinajstić information content (AvgIpc) is 2.86. The molecule has 0 fully saturated rings. The lowest BCUT2D eigenvalue weighted by Crippen LogP contribution is -2.51. The van der Waals surface area contributed by atoms with E-state index in [1.54, 1.807) is 16.7 Å². The van der Waals surface area contributed by atoms with E-state index in [1.807, 2.05) is 54.6 Å². The number of benzene rings is 3. The Hall–Kier alpha value is -2.76. The Morgan fingerprint density at radius 3 is 2.28 bits per heavy atom. The fourth-order valence-electron chi connectivity index (χ4n) is 3.83. The molecule has 0 radical (unpaired) electrons. The molecule has 0 saturated heterocycles. The first-order chi connectivity index (χ1) is 17.3. The quantitative estimate of drug-likeness (QED) is 0.304. The van der Waals surface area contributed by atoms with Crippen LogP contribution >= 0.6 is 23.4 Å². The van der Waals surface area contributed by atoms with Gasteiger partial charge in [-0.2, -0.15) is 0 Å². The maximum atomic E-state index is 13.6. The van der Waals surface area contributed by atoms with E-state index >= 15 is 0 Å². The monoisotopic (exact) mass is 522 g/mol. The second-order valence-corrected chi connectivity index (χ2v) is 10.9. The van der Waals surface area contributed by atoms with Gasteiger partial charge in [0.25, 0.3) is 0 Å². The van der Waals surface area contributed by atoms with Crippen molar-refractivity contribution in [2.24, 2.45) is 5.92 Å². The molecule has 0 bridgehead atoms. The van der Waals surface area contributed by atoms with Crippen LogP contribution < -0.4 is 5.32 Å². The molecule has 0 aliphatic heterocycles. The first-order valence-corrected chi connectivity index (χ1v) is 13.8. The number of nitrogens with one attached hydrogen (secondary N) is 1. The van der Waals surface area contributed by atoms with Crippen LogP contribution in [0.1, 0.15) is 36.1 Å². The molecule has 0 spiro atoms. The van der Waals surface area contributed by atoms with Crippen LogP contribution in [0.4, 0.5) is 0 Å². The minimum atomic E-state index is -0.627. The average molecular weight is 523 g/mol. The van der Waals surface area contributed by atoms with Gasteiger partial charge in [0.2, 0.25) is 11.8 Å². The molecule has 0 aliphatic carbocycles. The summed E-state index contributed by atoms with van der Waals surface area (Å²) in [6, 6.07) is 25.1. The predicted octanol–water partition coefficient (Wildman–Crippen LogP) is 6.29. The number of hydrogen-bond donors (Lipinski definition) is 1. The fraction of sp³-hybridized carbons (Fsp3) is 0.333. The van der Waals surface area contributed by atoms with Gasteiger partial charge in [-0.05, 0) is 41.7 Å². The third-order valence-electron chi connectivity index (χ3n) is 5.81. The molecule has 190 valence electrons. The lowest BCUT2D eigenvalue weighted by atomic mass is 10.0. The first-order valence-electron chi connectivity index (χ1n) is 12.3. The lowest BCUT2D eigenvalue weighted by molar-refractivity contribution is -0.139. The molecule has 1 atom stereocenters. The van der Waals surface area contributed by atoms with Crippen LogP contribution in [0.25, 0.3) is 0 Å². The molecule has 0 saturated carbocycles. The number of carbonyl (C=O) groups excluding carboxylic acids is 2. The SMILES string of the molecule is Cc1ccc(CSCC(=O)N(Cc2cccc(Cl)c2)C(Cc2ccccc2)C(=O)NCC(C)C)cc1. The molecule has 6 heteroatoms. The van der Waals surface area contributed by atoms with Gasteiger partial charge in [0, 0.05) is 30.3 Å². The van der Waals surface area contributed by atoms with Crippen molar-refractivity contribution >= 4 is 35.2 Å². The molecule has 36 heavy (non-hydrogen) atoms. The Balaban J connectivity index is 1.83. The molecule has 0 aliphatic rings. The van der Waals surface area contributed by atoms with Crippen LogP contribution in [0, 0.1) is 12.8 Å². The number of amides is 2. The molecule has 1 unspecified atom stereocenters. The van der Waals surface area contributed by atoms with Gasteiger partial charge in [0.1, 0.15) is 6.04 Å². The van der Waals surface area contributed by atoms with Crippen LogP contribution in [0.15, 0.2) is 78.9 Å². The van der Waals surface area contributed by atoms with Crippen LogP contribution in [0.2, 0.25) is 5.02 Å². The number of hydrogen-bond acceptors (Lipinski definition) is 3. The largest absolute Gasteiger partial charge is 0.354 e. The highest BCUT2D eigenvalue weighted by molar-refractivity contribution is 7.99. The third-order valence-corrected chi connectivity index (χ3v) is 7.04. The van der Waals surface area contributed by atoms with E-state index in [1.165, 1.54) is 11.1 Å². The summed E-state index contributed by atoms with van der Waals surface area (Å²) in [5.74, 6) is 1.14. The van der Waals surface area contributed by atoms with E-state index in [2.05, 4.69) is 50.4 Å². The summed E-state index contributed by atoms with van der Waals surface area (Å²) in [6.45, 7) is 7.06. The standard InChI is InChI=1S/C30H35ClN2O2S/c1-22(2)18-32-30(35)28(17-24-8-5-4-6-9-24)33(19-26-10-7-11-27(31)16-26)29(34)21-36-20-25-14-12-23(3)13-15-25/h4-16,22,28H,17-21H2,1-3H3,(H,32,35). The number of rotatable bonds is 12. The van der Waals surface area contributed by atoms with Gasteiger partial charge in [-0.3, -0.25) is 9.59 Å². The molecule has 2 amide bonds. The van der Waals surface area contributed by atoms with Gasteiger partial charge in [-0.1, -0.05) is 97.7 Å². The minimum Gasteiger partial charge on any atom is -0.354 e. The maximum Gasteiger partial charge on any atom is 0.243 e. The summed E-state index contributed by atoms with van der Waals surface area (Å²) >= 11 is 7.81. The zero-order chi connectivity index (χ0) is 25.9. The van der Waals surface area contributed by atoms with Crippen molar-refractivity contribution < 1.29 is 9.59 Å². The van der Waals surface area contributed by atoms with Gasteiger partial charge in [0.05, 0.1) is 5.75 Å². The second kappa shape index (κ2) is 14.1. The zero-order valence-corrected chi connectivity index (χ0v) is 22.8. The summed E-state index contributed by atoms with van der Waals surface area (Å²) in [5, 5.41) is 3.67. The van der Waals surface area contributed by atoms with Crippen molar-refractivity contribution in [3.05, 3.63) is 106 Å². The summed E-state index contributed by atoms with van der Waals surface area (Å²) in [7, 11) is 0. The topological polar surface area (TPSA) is 49.4 Å². The Morgan fingerprint density at radius 2 is 1.61 bits per heavy atom. The summed E-state index contributed by atoms with van der Waals surface area (Å²) < 4.78 is 0. The Labute approximate surface area is 224 Å². The van der Waals surface area contributed by atoms with E-state index in [0.29, 0.717) is 30.5 Å². The van der Waals surface area contributed by atoms with Crippen LogP contribution in [-0.4, -0.2) is 35.1 Å². The van der Waals surface area contributed by atoms with Gasteiger partial charge in [-0.25, -0.2) is 0 Å². The molecule has 3 aromatic rings. The van der Waals surface area contributed by atoms with E-state index in [0.717, 1.165) is 16.9 Å². The summed E-state index contributed by atoms with van der Waals surface area (Å²) in [4.78, 5) is 28.8. The lowest BCUT2D eigenvalue weighted by Gasteiger charge is -2.32. The van der Waals surface area contributed by atoms with Gasteiger partial charge >= 0.3 is 0 Å². The van der Waals surface area contributed by atoms with Crippen LogP contribution in [-0.2, 0) is 28.3 Å². The predicted molar refractivity (Wildman–Crippen MR) is 151 cm³/mol. The van der Waals surface area contributed by atoms with E-state index in [4.69, 9.17) is 11.6 Å². The number of nitrogens with zero attached hydrogens (tertiary/aromatic N) is 1. The van der Waals surface area contributed by atoms with Crippen LogP contribution in [0.5, 0.6) is 0 Å². The Morgan fingerprint density at radius 1 is 0.917 bits per heavy atom. The zero-order valence-electron chi connectivity index (χ0n) is 21.2. The second-order valence-electron chi connectivity index (χ2n) is 9.47. The van der Waals surface area contributed by atoms with Gasteiger partial charge in [-0.15, -0.1) is 11.8 Å². The minimum absolute atomic E-state index is 0.0623. The summed E-state index contributed by atoms with van der Waals surface area (Å²) in [5.41, 5.74) is 4.30. The number of carbonyl (C=O) groups is 2. The first kappa shape index (κ1) is 27.8. The Kier molecular flexibility index (Phi) is 10.9. The highest BCUT2D eigenvalue weighted by Crippen LogP contribution is 2.20. The maximum absolute atomic E-state index is 13.6. The molecule has 3 aromatic carbocycles. The molecule has 4 nitrogen and oxygen atoms in total. The van der Waals surface area contributed by atoms with Crippen molar-refractivity contribution in [1.29, 1.82) is 0 Å². The number of halogens is 1. The van der Waals surface area contributed by atoms with E-state index in [-0.39, 0.29) is 17.6 Å². The fourth-order valence-corrected chi connectivity index (χ4v) is 4.92. The number of aryl methyl sites for hydroxylation is 1. The van der Waals surface area contributed by atoms with Crippen molar-refractivity contribution in [3.8, 4) is 0 Å². The highest BCUT2D eigenvalue weighted by Gasteiger charge is 2.30. The van der Waals surface area contributed by atoms with Gasteiger partial charge < -0.3 is 10.2 Å². The molecule has 0 aromatic heterocycles. The van der Waals surface area contributed by atoms with Crippen molar-refractivity contribution in [1.82, 2.24) is 10.2 Å². The summed E-state index contributed by atoms with van der Waals surface area (Å²) in [6.07, 6.45) is 0.444. The third kappa shape index (κ3) is 9.03. The van der Waals surface area contributed by atoms with E-state index in [9.17, 15) is 9.59 Å². The normalized spacial score (nSPS) is 11.8. The molecular weight excluding hydrogens is 488 g/mol. The van der Waals surface area contributed by atoms with Crippen molar-refractivity contribution in [3.63, 3.8) is 0 Å². The molecule has 1 N–H and O–H groups in total. The van der Waals surface area contributed by atoms with Crippen molar-refractivity contribution in [2.45, 2.75) is 45.5 Å². The Bertz CT molecular complexity index is 1120. The molecule has 3 rings (SSSR count). The smallest absolute Gasteiger partial charge is 0.243 e. The highest BCUT2D eigenvalue weighted by atomic mass is 35.5. The molecule has 0 heterocycles. The number of thioether (sulfide) groups is 1. The van der Waals surface area contributed by atoms with Gasteiger partial charge in [0.15, 0.2) is 0 Å². The molecular formula is C30H35ClN2O2S. The van der Waals surface area contributed by atoms with E-state index < -0.39 is 6.04 Å². The van der Waals surface area contributed by atoms with Crippen molar-refractivity contribution in [2.75, 3.05) is 12.3 Å². The van der Waals surface area contributed by atoms with Crippen LogP contribution in [0.3, 0.4) is 0 Å².